The van der Waals surface area contributed by atoms with E-state index in [0.717, 1.165) is 25.7 Å². The van der Waals surface area contributed by atoms with Gasteiger partial charge >= 0.3 is 53.7 Å². The van der Waals surface area contributed by atoms with Gasteiger partial charge in [0.1, 0.15) is 48.7 Å². The first-order chi connectivity index (χ1) is 32.0. The molecule has 0 spiro atoms. The fourth-order valence-corrected chi connectivity index (χ4v) is 7.91. The zero-order valence-corrected chi connectivity index (χ0v) is 44.4. The van der Waals surface area contributed by atoms with Crippen molar-refractivity contribution < 1.29 is 115 Å². The first-order valence-electron chi connectivity index (χ1n) is 24.5. The van der Waals surface area contributed by atoms with E-state index in [4.69, 9.17) is 42.6 Å². The van der Waals surface area contributed by atoms with Crippen LogP contribution in [-0.2, 0) is 52.2 Å². The smallest absolute Gasteiger partial charge is 1.00 e. The van der Waals surface area contributed by atoms with E-state index in [2.05, 4.69) is 33.9 Å². The molecule has 4 fully saturated rings. The molecule has 21 heteroatoms. The molecule has 400 valence electrons. The molecule has 0 radical (unpaired) electrons. The summed E-state index contributed by atoms with van der Waals surface area (Å²) in [5.41, 5.74) is 0. The molecule has 0 saturated carbocycles. The first-order valence-corrected chi connectivity index (χ1v) is 24.5. The Morgan fingerprint density at radius 3 is 1.39 bits per heavy atom. The SMILES string of the molecule is C=CCO[C@H]1OC2COC(C)(C)O[C@H]2[C@H](O)[C@H]1NC(=O)C(F)(F)F.C=CCO[C@H]1OC2COC(C)(C)O[C@H]2[C@H](OCCCCCCCCC)[C@H]1NC(=O)C(F)(F)F.CCCCCCCCCCC.[H-].[Na+]. The standard InChI is InChI=1S/C23H38F3NO6.C14H20F3NO6.C11H24.Na.H/c1-5-7-8-9-10-11-12-14-29-19-17(27-21(28)23(24,25)26)20(30-13-6-2)32-16-15-31-22(3,4)33-18(16)19;1-4-5-21-11-8(18-12(20)14(15,16)17)9(19)10-7(23-11)6-22-13(2,3)24-10;1-3-5-7-9-11-10-8-6-4-2;;/h6,16-20H,2,5,7-15H2,1,3-4H3,(H,27,28);4,7-11,19H,1,5-6H2,2-3H3,(H,18,20);3-11H2,1-2H3;;/q;;;+1;-1/t16?,17-,18-,19-,20+;7?,8-,9-,10-,11+;;;/m11.../s1. The van der Waals surface area contributed by atoms with Gasteiger partial charge in [0.05, 0.1) is 26.4 Å². The van der Waals surface area contributed by atoms with Crippen LogP contribution in [0.3, 0.4) is 0 Å². The molecule has 14 nitrogen and oxygen atoms in total. The van der Waals surface area contributed by atoms with Gasteiger partial charge in [0.2, 0.25) is 0 Å². The van der Waals surface area contributed by atoms with Crippen molar-refractivity contribution in [2.45, 2.75) is 236 Å². The van der Waals surface area contributed by atoms with Crippen LogP contribution >= 0.6 is 0 Å². The normalized spacial score (nSPS) is 28.1. The fourth-order valence-electron chi connectivity index (χ4n) is 7.91. The van der Waals surface area contributed by atoms with E-state index in [1.165, 1.54) is 89.2 Å². The number of nitrogens with one attached hydrogen (secondary N) is 2. The molecular weight excluding hydrogens is 934 g/mol. The maximum atomic E-state index is 13.0. The molecular formula is C48H83F6N2NaO12. The Hall–Kier alpha value is -1.40. The molecule has 0 aliphatic carbocycles. The number of hydrogen-bond acceptors (Lipinski definition) is 12. The molecule has 4 saturated heterocycles. The predicted octanol–water partition coefficient (Wildman–Crippen LogP) is 6.38. The second-order valence-corrected chi connectivity index (χ2v) is 18.3. The minimum absolute atomic E-state index is 0. The van der Waals surface area contributed by atoms with Gasteiger partial charge in [-0.15, -0.1) is 13.2 Å². The number of carbonyl (C=O) groups excluding carboxylic acids is 2. The second kappa shape index (κ2) is 33.4. The van der Waals surface area contributed by atoms with Crippen LogP contribution in [0.4, 0.5) is 26.3 Å². The van der Waals surface area contributed by atoms with Crippen LogP contribution in [0.5, 0.6) is 0 Å². The predicted molar refractivity (Wildman–Crippen MR) is 243 cm³/mol. The maximum absolute atomic E-state index is 13.0. The first kappa shape index (κ1) is 65.6. The zero-order chi connectivity index (χ0) is 51.0. The number of hydrogen-bond donors (Lipinski definition) is 3. The number of fused-ring (bicyclic) bond motifs is 2. The van der Waals surface area contributed by atoms with Gasteiger partial charge in [-0.05, 0) is 34.1 Å². The van der Waals surface area contributed by atoms with E-state index >= 15 is 0 Å². The number of carbonyl (C=O) groups is 2. The van der Waals surface area contributed by atoms with Crippen molar-refractivity contribution in [2.75, 3.05) is 33.0 Å². The van der Waals surface area contributed by atoms with Crippen LogP contribution in [0.25, 0.3) is 0 Å². The summed E-state index contributed by atoms with van der Waals surface area (Å²) in [5, 5.41) is 14.2. The van der Waals surface area contributed by atoms with Gasteiger partial charge in [-0.2, -0.15) is 26.3 Å². The summed E-state index contributed by atoms with van der Waals surface area (Å²) in [4.78, 5) is 23.0. The van der Waals surface area contributed by atoms with E-state index in [0.29, 0.717) is 6.61 Å². The third-order valence-electron chi connectivity index (χ3n) is 11.5. The summed E-state index contributed by atoms with van der Waals surface area (Å²) in [6.45, 7) is 20.8. The Balaban J connectivity index is 0.00000113. The van der Waals surface area contributed by atoms with E-state index in [9.17, 15) is 41.0 Å². The Labute approximate surface area is 430 Å². The van der Waals surface area contributed by atoms with E-state index in [-0.39, 0.29) is 57.4 Å². The van der Waals surface area contributed by atoms with Crippen molar-refractivity contribution in [1.82, 2.24) is 10.6 Å². The number of aliphatic hydroxyl groups excluding tert-OH is 1. The fraction of sp³-hybridized carbons (Fsp3) is 0.875. The van der Waals surface area contributed by atoms with Crippen LogP contribution in [0.1, 0.15) is 153 Å². The van der Waals surface area contributed by atoms with Crippen molar-refractivity contribution in [1.29, 1.82) is 0 Å². The molecule has 4 aliphatic heterocycles. The van der Waals surface area contributed by atoms with Crippen molar-refractivity contribution in [3.63, 3.8) is 0 Å². The Morgan fingerprint density at radius 1 is 0.623 bits per heavy atom. The number of halogens is 6. The molecule has 4 aliphatic rings. The molecule has 0 aromatic rings. The number of amides is 2. The van der Waals surface area contributed by atoms with Gasteiger partial charge in [-0.25, -0.2) is 0 Å². The van der Waals surface area contributed by atoms with Gasteiger partial charge < -0.3 is 59.8 Å². The summed E-state index contributed by atoms with van der Waals surface area (Å²) < 4.78 is 127. The summed E-state index contributed by atoms with van der Waals surface area (Å²) in [5.74, 6) is -6.30. The van der Waals surface area contributed by atoms with Crippen LogP contribution in [0, 0.1) is 0 Å². The monoisotopic (exact) mass is 1020 g/mol. The molecule has 10 atom stereocenters. The summed E-state index contributed by atoms with van der Waals surface area (Å²) in [6.07, 6.45) is 5.14. The van der Waals surface area contributed by atoms with Gasteiger partial charge in [0.15, 0.2) is 24.2 Å². The molecule has 3 N–H and O–H groups in total. The second-order valence-electron chi connectivity index (χ2n) is 18.3. The maximum Gasteiger partial charge on any atom is 1.00 e. The minimum atomic E-state index is -5.10. The summed E-state index contributed by atoms with van der Waals surface area (Å²) in [7, 11) is 0. The van der Waals surface area contributed by atoms with Gasteiger partial charge in [-0.1, -0.05) is 129 Å². The average molecular weight is 1020 g/mol. The third kappa shape index (κ3) is 24.5. The third-order valence-corrected chi connectivity index (χ3v) is 11.5. The Morgan fingerprint density at radius 2 is 0.986 bits per heavy atom. The van der Waals surface area contributed by atoms with Crippen molar-refractivity contribution in [3.05, 3.63) is 25.3 Å². The van der Waals surface area contributed by atoms with Crippen molar-refractivity contribution in [2.24, 2.45) is 0 Å². The number of alkyl halides is 6. The van der Waals surface area contributed by atoms with Crippen LogP contribution in [0.2, 0.25) is 0 Å². The topological polar surface area (TPSA) is 162 Å². The van der Waals surface area contributed by atoms with Crippen molar-refractivity contribution >= 4 is 11.8 Å². The Kier molecular flexibility index (Phi) is 31.8. The van der Waals surface area contributed by atoms with Crippen LogP contribution < -0.4 is 40.2 Å². The number of ether oxygens (including phenoxy) is 9. The summed E-state index contributed by atoms with van der Waals surface area (Å²) in [6, 6.07) is -2.69. The number of unbranched alkanes of at least 4 members (excludes halogenated alkanes) is 14. The molecule has 69 heavy (non-hydrogen) atoms. The van der Waals surface area contributed by atoms with Gasteiger partial charge in [-0.3, -0.25) is 9.59 Å². The molecule has 4 heterocycles. The molecule has 0 aromatic carbocycles. The van der Waals surface area contributed by atoms with Gasteiger partial charge in [0, 0.05) is 6.61 Å². The minimum Gasteiger partial charge on any atom is -1.00 e. The quantitative estimate of drug-likeness (QED) is 0.0402. The van der Waals surface area contributed by atoms with E-state index in [1.807, 2.05) is 5.32 Å². The van der Waals surface area contributed by atoms with E-state index in [1.54, 1.807) is 33.0 Å². The largest absolute Gasteiger partial charge is 1.00 e. The molecule has 4 rings (SSSR count). The van der Waals surface area contributed by atoms with E-state index < -0.39 is 97.0 Å². The molecule has 2 amide bonds. The molecule has 0 bridgehead atoms. The average Bonchev–Trinajstić information content (AvgIpc) is 3.27. The number of rotatable bonds is 25. The zero-order valence-electron chi connectivity index (χ0n) is 43.4. The number of aliphatic hydroxyl groups is 1. The van der Waals surface area contributed by atoms with Gasteiger partial charge in [0.25, 0.3) is 0 Å². The van der Waals surface area contributed by atoms with Crippen LogP contribution in [-0.4, -0.2) is 135 Å². The van der Waals surface area contributed by atoms with Crippen LogP contribution in [0.15, 0.2) is 25.3 Å². The van der Waals surface area contributed by atoms with Crippen molar-refractivity contribution in [3.8, 4) is 0 Å². The summed E-state index contributed by atoms with van der Waals surface area (Å²) >= 11 is 0. The Bertz CT molecular complexity index is 1450. The molecule has 2 unspecified atom stereocenters. The molecule has 0 aromatic heterocycles.